The van der Waals surface area contributed by atoms with E-state index in [4.69, 9.17) is 9.47 Å². The van der Waals surface area contributed by atoms with E-state index in [0.29, 0.717) is 27.8 Å². The van der Waals surface area contributed by atoms with Gasteiger partial charge in [-0.1, -0.05) is 36.4 Å². The zero-order valence-corrected chi connectivity index (χ0v) is 23.2. The fourth-order valence-electron chi connectivity index (χ4n) is 3.74. The molecule has 4 rings (SSSR count). The van der Waals surface area contributed by atoms with Gasteiger partial charge < -0.3 is 19.9 Å². The predicted molar refractivity (Wildman–Crippen MR) is 148 cm³/mol. The number of ether oxygens (including phenoxy) is 2. The number of amides is 1. The lowest BCUT2D eigenvalue weighted by molar-refractivity contribution is -0.152. The van der Waals surface area contributed by atoms with Gasteiger partial charge in [0.15, 0.2) is 5.60 Å². The molecule has 0 saturated carbocycles. The third-order valence-electron chi connectivity index (χ3n) is 6.12. The molecule has 0 radical (unpaired) electrons. The zero-order chi connectivity index (χ0) is 29.8. The van der Waals surface area contributed by atoms with Crippen molar-refractivity contribution in [1.82, 2.24) is 10.3 Å². The van der Waals surface area contributed by atoms with Crippen molar-refractivity contribution in [2.45, 2.75) is 45.7 Å². The van der Waals surface area contributed by atoms with Gasteiger partial charge in [-0.25, -0.2) is 9.78 Å². The van der Waals surface area contributed by atoms with Crippen molar-refractivity contribution in [2.75, 3.05) is 0 Å². The highest BCUT2D eigenvalue weighted by Crippen LogP contribution is 2.33. The number of thiazole rings is 1. The molecule has 214 valence electrons. The molecule has 41 heavy (non-hydrogen) atoms. The Hall–Kier alpha value is -4.38. The van der Waals surface area contributed by atoms with Crippen LogP contribution in [-0.4, -0.2) is 27.6 Å². The molecule has 0 bridgehead atoms. The van der Waals surface area contributed by atoms with Gasteiger partial charge in [0, 0.05) is 12.1 Å². The average Bonchev–Trinajstić information content (AvgIpc) is 3.35. The van der Waals surface area contributed by atoms with Crippen LogP contribution >= 0.6 is 11.3 Å². The average molecular weight is 585 g/mol. The molecule has 7 nitrogen and oxygen atoms in total. The number of benzene rings is 3. The van der Waals surface area contributed by atoms with Crippen LogP contribution in [0, 0.1) is 6.92 Å². The van der Waals surface area contributed by atoms with Crippen molar-refractivity contribution in [3.8, 4) is 22.1 Å². The standard InChI is InChI=1S/C30H27F3N2O5S/c1-18-15-23(40-29(2,3)28(37)38)14-11-20(18)16-34-26(36)25-24(17-39-22-7-5-4-6-8-22)35-27(41-25)19-9-12-21(13-10-19)30(31,32)33/h4-15H,16-17H2,1-3H3,(H,34,36)(H,37,38). The van der Waals surface area contributed by atoms with Crippen molar-refractivity contribution in [2.24, 2.45) is 0 Å². The van der Waals surface area contributed by atoms with Crippen molar-refractivity contribution in [3.63, 3.8) is 0 Å². The second-order valence-electron chi connectivity index (χ2n) is 9.66. The Balaban J connectivity index is 1.54. The van der Waals surface area contributed by atoms with Crippen LogP contribution in [-0.2, 0) is 24.1 Å². The lowest BCUT2D eigenvalue weighted by Gasteiger charge is -2.22. The summed E-state index contributed by atoms with van der Waals surface area (Å²) in [5.74, 6) is -0.557. The summed E-state index contributed by atoms with van der Waals surface area (Å²) in [6, 6.07) is 18.6. The topological polar surface area (TPSA) is 97.8 Å². The van der Waals surface area contributed by atoms with E-state index in [2.05, 4.69) is 10.3 Å². The van der Waals surface area contributed by atoms with Gasteiger partial charge in [0.25, 0.3) is 5.91 Å². The van der Waals surface area contributed by atoms with Gasteiger partial charge in [-0.05, 0) is 68.3 Å². The number of para-hydroxylation sites is 1. The molecule has 1 amide bonds. The summed E-state index contributed by atoms with van der Waals surface area (Å²) in [5, 5.41) is 12.5. The van der Waals surface area contributed by atoms with Crippen LogP contribution in [0.1, 0.15) is 45.9 Å². The van der Waals surface area contributed by atoms with Crippen LogP contribution in [0.4, 0.5) is 13.2 Å². The molecule has 0 aliphatic heterocycles. The second kappa shape index (κ2) is 12.0. The molecule has 2 N–H and O–H groups in total. The van der Waals surface area contributed by atoms with E-state index in [1.165, 1.54) is 26.0 Å². The number of rotatable bonds is 10. The number of hydrogen-bond donors (Lipinski definition) is 2. The molecule has 0 aliphatic rings. The number of carboxylic acids is 1. The maximum absolute atomic E-state index is 13.3. The lowest BCUT2D eigenvalue weighted by atomic mass is 10.1. The number of carbonyl (C=O) groups is 2. The van der Waals surface area contributed by atoms with E-state index in [1.807, 2.05) is 13.0 Å². The van der Waals surface area contributed by atoms with E-state index in [1.54, 1.807) is 42.5 Å². The van der Waals surface area contributed by atoms with Gasteiger partial charge in [-0.2, -0.15) is 13.2 Å². The molecule has 0 spiro atoms. The molecule has 0 aliphatic carbocycles. The summed E-state index contributed by atoms with van der Waals surface area (Å²) < 4.78 is 50.5. The van der Waals surface area contributed by atoms with Crippen LogP contribution in [0.15, 0.2) is 72.8 Å². The number of carboxylic acid groups (broad SMARTS) is 1. The highest BCUT2D eigenvalue weighted by atomic mass is 32.1. The Labute approximate surface area is 238 Å². The quantitative estimate of drug-likeness (QED) is 0.211. The Bertz CT molecular complexity index is 1530. The van der Waals surface area contributed by atoms with E-state index in [0.717, 1.165) is 34.6 Å². The van der Waals surface area contributed by atoms with Crippen molar-refractivity contribution in [3.05, 3.63) is 100 Å². The Morgan fingerprint density at radius 2 is 1.66 bits per heavy atom. The van der Waals surface area contributed by atoms with Gasteiger partial charge >= 0.3 is 12.1 Å². The van der Waals surface area contributed by atoms with Gasteiger partial charge in [-0.15, -0.1) is 11.3 Å². The van der Waals surface area contributed by atoms with Crippen molar-refractivity contribution < 1.29 is 37.3 Å². The molecule has 4 aromatic rings. The third kappa shape index (κ3) is 7.43. The minimum Gasteiger partial charge on any atom is -0.487 e. The van der Waals surface area contributed by atoms with Crippen LogP contribution < -0.4 is 14.8 Å². The van der Waals surface area contributed by atoms with Gasteiger partial charge in [0.2, 0.25) is 0 Å². The first-order valence-corrected chi connectivity index (χ1v) is 13.3. The van der Waals surface area contributed by atoms with Crippen LogP contribution in [0.25, 0.3) is 10.6 Å². The first-order chi connectivity index (χ1) is 19.3. The summed E-state index contributed by atoms with van der Waals surface area (Å²) in [4.78, 5) is 29.4. The Morgan fingerprint density at radius 1 is 0.976 bits per heavy atom. The molecule has 0 atom stereocenters. The highest BCUT2D eigenvalue weighted by molar-refractivity contribution is 7.17. The summed E-state index contributed by atoms with van der Waals surface area (Å²) in [6.45, 7) is 4.86. The number of alkyl halides is 3. The maximum Gasteiger partial charge on any atom is 0.416 e. The molecular weight excluding hydrogens is 557 g/mol. The fraction of sp³-hybridized carbons (Fsp3) is 0.233. The summed E-state index contributed by atoms with van der Waals surface area (Å²) in [5.41, 5.74) is 0.181. The second-order valence-corrected chi connectivity index (χ2v) is 10.7. The smallest absolute Gasteiger partial charge is 0.416 e. The Kier molecular flexibility index (Phi) is 8.67. The number of hydrogen-bond acceptors (Lipinski definition) is 6. The zero-order valence-electron chi connectivity index (χ0n) is 22.4. The number of aromatic nitrogens is 1. The fourth-order valence-corrected chi connectivity index (χ4v) is 4.74. The first kappa shape index (κ1) is 29.6. The van der Waals surface area contributed by atoms with Gasteiger partial charge in [0.1, 0.15) is 33.7 Å². The first-order valence-electron chi connectivity index (χ1n) is 12.5. The van der Waals surface area contributed by atoms with Crippen molar-refractivity contribution >= 4 is 23.2 Å². The minimum absolute atomic E-state index is 0.0195. The number of nitrogens with zero attached hydrogens (tertiary/aromatic N) is 1. The number of halogens is 3. The molecule has 11 heteroatoms. The number of nitrogens with one attached hydrogen (secondary N) is 1. The number of aliphatic carboxylic acids is 1. The minimum atomic E-state index is -4.46. The maximum atomic E-state index is 13.3. The molecule has 3 aromatic carbocycles. The highest BCUT2D eigenvalue weighted by Gasteiger charge is 2.31. The van der Waals surface area contributed by atoms with E-state index in [9.17, 15) is 27.9 Å². The Morgan fingerprint density at radius 3 is 2.27 bits per heavy atom. The summed E-state index contributed by atoms with van der Waals surface area (Å²) >= 11 is 1.06. The van der Waals surface area contributed by atoms with E-state index in [-0.39, 0.29) is 18.0 Å². The number of aryl methyl sites for hydroxylation is 1. The normalized spacial score (nSPS) is 11.7. The predicted octanol–water partition coefficient (Wildman–Crippen LogP) is 6.89. The molecule has 0 saturated heterocycles. The van der Waals surface area contributed by atoms with Gasteiger partial charge in [-0.3, -0.25) is 4.79 Å². The van der Waals surface area contributed by atoms with E-state index < -0.39 is 29.2 Å². The van der Waals surface area contributed by atoms with Crippen LogP contribution in [0.3, 0.4) is 0 Å². The molecular formula is C30H27F3N2O5S. The molecule has 0 unspecified atom stereocenters. The lowest BCUT2D eigenvalue weighted by Crippen LogP contribution is -2.37. The largest absolute Gasteiger partial charge is 0.487 e. The number of carbonyl (C=O) groups excluding carboxylic acids is 1. The molecule has 1 aromatic heterocycles. The monoisotopic (exact) mass is 584 g/mol. The van der Waals surface area contributed by atoms with Crippen molar-refractivity contribution in [1.29, 1.82) is 0 Å². The molecule has 0 fully saturated rings. The van der Waals surface area contributed by atoms with E-state index >= 15 is 0 Å². The van der Waals surface area contributed by atoms with Gasteiger partial charge in [0.05, 0.1) is 5.56 Å². The summed E-state index contributed by atoms with van der Waals surface area (Å²) in [6.07, 6.45) is -4.46. The van der Waals surface area contributed by atoms with Crippen LogP contribution in [0.2, 0.25) is 0 Å². The third-order valence-corrected chi connectivity index (χ3v) is 7.27. The molecule has 1 heterocycles. The SMILES string of the molecule is Cc1cc(OC(C)(C)C(=O)O)ccc1CNC(=O)c1sc(-c2ccc(C(F)(F)F)cc2)nc1COc1ccccc1. The van der Waals surface area contributed by atoms with Crippen LogP contribution in [0.5, 0.6) is 11.5 Å². The summed E-state index contributed by atoms with van der Waals surface area (Å²) in [7, 11) is 0.